The zero-order valence-corrected chi connectivity index (χ0v) is 29.5. The Morgan fingerprint density at radius 2 is 1.92 bits per heavy atom. The van der Waals surface area contributed by atoms with E-state index in [-0.39, 0.29) is 22.6 Å². The van der Waals surface area contributed by atoms with E-state index in [4.69, 9.17) is 25.8 Å². The summed E-state index contributed by atoms with van der Waals surface area (Å²) >= 11 is 8.97. The first-order valence-electron chi connectivity index (χ1n) is 15.8. The number of hydrogen-bond acceptors (Lipinski definition) is 10. The van der Waals surface area contributed by atoms with Crippen molar-refractivity contribution < 1.29 is 28.9 Å². The molecule has 4 aromatic rings. The fourth-order valence-corrected chi connectivity index (χ4v) is 7.82. The molecule has 250 valence electrons. The molecule has 1 N–H and O–H groups in total. The molecule has 0 saturated carbocycles. The molecule has 2 atom stereocenters. The lowest BCUT2D eigenvalue weighted by molar-refractivity contribution is -0.132. The summed E-state index contributed by atoms with van der Waals surface area (Å²) in [7, 11) is 0. The predicted molar refractivity (Wildman–Crippen MR) is 189 cm³/mol. The molecular weight excluding hydrogens is 670 g/mol. The smallest absolute Gasteiger partial charge is 0.301 e. The fraction of sp³-hybridized carbons (Fsp3) is 0.333. The first-order chi connectivity index (χ1) is 23.1. The van der Waals surface area contributed by atoms with Gasteiger partial charge in [-0.05, 0) is 79.3 Å². The second-order valence-corrected chi connectivity index (χ2v) is 14.6. The van der Waals surface area contributed by atoms with Crippen LogP contribution in [0.25, 0.3) is 5.76 Å². The number of aromatic nitrogens is 2. The summed E-state index contributed by atoms with van der Waals surface area (Å²) in [6.07, 6.45) is 1.54. The highest BCUT2D eigenvalue weighted by molar-refractivity contribution is 8.00. The molecule has 48 heavy (non-hydrogen) atoms. The summed E-state index contributed by atoms with van der Waals surface area (Å²) < 4.78 is 18.5. The molecule has 1 fully saturated rings. The monoisotopic (exact) mass is 705 g/mol. The Bertz CT molecular complexity index is 1880. The molecule has 3 heterocycles. The maximum Gasteiger partial charge on any atom is 0.301 e. The predicted octanol–water partition coefficient (Wildman–Crippen LogP) is 8.26. The van der Waals surface area contributed by atoms with E-state index in [0.29, 0.717) is 63.3 Å². The van der Waals surface area contributed by atoms with Gasteiger partial charge in [-0.15, -0.1) is 10.2 Å². The minimum Gasteiger partial charge on any atom is -0.507 e. The number of carbonyl (C=O) groups excluding carboxylic acids is 2. The number of nitrogens with zero attached hydrogens (tertiary/aromatic N) is 3. The number of fused-ring (bicyclic) bond motifs is 1. The SMILES string of the molecule is CCOc1cc([C@H]2C(=C(O)c3ccc4c(c3)C[C@@H](C)O4)C(=O)C(=O)N2c2nnc(SCc3ccccc3Cl)s2)ccc1OCCC(C)C. The van der Waals surface area contributed by atoms with Gasteiger partial charge in [-0.1, -0.05) is 72.8 Å². The molecule has 1 saturated heterocycles. The van der Waals surface area contributed by atoms with Gasteiger partial charge in [-0.25, -0.2) is 0 Å². The van der Waals surface area contributed by atoms with Crippen molar-refractivity contribution in [3.8, 4) is 17.2 Å². The minimum atomic E-state index is -1.01. The average molecular weight is 706 g/mol. The minimum absolute atomic E-state index is 0.00335. The van der Waals surface area contributed by atoms with Gasteiger partial charge in [0.2, 0.25) is 5.13 Å². The molecule has 1 aromatic heterocycles. The van der Waals surface area contributed by atoms with Crippen LogP contribution < -0.4 is 19.1 Å². The van der Waals surface area contributed by atoms with Crippen LogP contribution in [0.4, 0.5) is 5.13 Å². The molecule has 2 aliphatic rings. The Kier molecular flexibility index (Phi) is 10.3. The summed E-state index contributed by atoms with van der Waals surface area (Å²) in [6, 6.07) is 17.2. The third kappa shape index (κ3) is 7.04. The largest absolute Gasteiger partial charge is 0.507 e. The highest BCUT2D eigenvalue weighted by atomic mass is 35.5. The lowest BCUT2D eigenvalue weighted by Crippen LogP contribution is -2.29. The Labute approximate surface area is 292 Å². The molecule has 0 unspecified atom stereocenters. The number of hydrogen-bond donors (Lipinski definition) is 1. The third-order valence-electron chi connectivity index (χ3n) is 8.06. The van der Waals surface area contributed by atoms with Crippen molar-refractivity contribution in [3.63, 3.8) is 0 Å². The number of ketones is 1. The number of amides is 1. The van der Waals surface area contributed by atoms with Crippen molar-refractivity contribution in [1.29, 1.82) is 0 Å². The molecule has 9 nitrogen and oxygen atoms in total. The number of anilines is 1. The van der Waals surface area contributed by atoms with E-state index in [2.05, 4.69) is 24.0 Å². The van der Waals surface area contributed by atoms with Gasteiger partial charge in [0, 0.05) is 22.8 Å². The summed E-state index contributed by atoms with van der Waals surface area (Å²) in [5.41, 5.74) is 2.77. The number of aliphatic hydroxyl groups excluding tert-OH is 1. The van der Waals surface area contributed by atoms with Crippen LogP contribution in [0.3, 0.4) is 0 Å². The summed E-state index contributed by atoms with van der Waals surface area (Å²) in [4.78, 5) is 29.0. The summed E-state index contributed by atoms with van der Waals surface area (Å²) in [6.45, 7) is 8.99. The molecule has 2 aliphatic heterocycles. The maximum absolute atomic E-state index is 13.9. The van der Waals surface area contributed by atoms with Crippen LogP contribution >= 0.6 is 34.7 Å². The van der Waals surface area contributed by atoms with Crippen LogP contribution in [0.15, 0.2) is 70.6 Å². The van der Waals surface area contributed by atoms with Gasteiger partial charge in [0.05, 0.1) is 24.8 Å². The lowest BCUT2D eigenvalue weighted by atomic mass is 9.94. The van der Waals surface area contributed by atoms with Crippen molar-refractivity contribution in [2.24, 2.45) is 5.92 Å². The van der Waals surface area contributed by atoms with Gasteiger partial charge in [-0.3, -0.25) is 14.5 Å². The Balaban J connectivity index is 1.41. The van der Waals surface area contributed by atoms with Crippen molar-refractivity contribution in [3.05, 3.63) is 93.5 Å². The van der Waals surface area contributed by atoms with Gasteiger partial charge >= 0.3 is 5.91 Å². The van der Waals surface area contributed by atoms with E-state index in [9.17, 15) is 14.7 Å². The van der Waals surface area contributed by atoms with E-state index in [1.807, 2.05) is 44.2 Å². The van der Waals surface area contributed by atoms with Gasteiger partial charge in [0.15, 0.2) is 15.8 Å². The van der Waals surface area contributed by atoms with Gasteiger partial charge in [-0.2, -0.15) is 0 Å². The number of ether oxygens (including phenoxy) is 3. The molecule has 6 rings (SSSR count). The Hall–Kier alpha value is -4.06. The average Bonchev–Trinajstić information content (AvgIpc) is 3.75. The number of rotatable bonds is 12. The zero-order chi connectivity index (χ0) is 33.9. The van der Waals surface area contributed by atoms with E-state index >= 15 is 0 Å². The Morgan fingerprint density at radius 1 is 1.10 bits per heavy atom. The quantitative estimate of drug-likeness (QED) is 0.0512. The topological polar surface area (TPSA) is 111 Å². The normalized spacial score (nSPS) is 18.3. The first-order valence-corrected chi connectivity index (χ1v) is 18.0. The number of benzene rings is 3. The van der Waals surface area contributed by atoms with E-state index in [1.165, 1.54) is 28.0 Å². The highest BCUT2D eigenvalue weighted by Gasteiger charge is 2.48. The van der Waals surface area contributed by atoms with E-state index in [0.717, 1.165) is 23.3 Å². The van der Waals surface area contributed by atoms with Crippen LogP contribution in [-0.2, 0) is 21.8 Å². The van der Waals surface area contributed by atoms with Crippen LogP contribution in [-0.4, -0.2) is 46.3 Å². The van der Waals surface area contributed by atoms with Crippen molar-refractivity contribution in [2.45, 2.75) is 62.8 Å². The maximum atomic E-state index is 13.9. The van der Waals surface area contributed by atoms with Crippen LogP contribution in [0.1, 0.15) is 62.4 Å². The number of carbonyl (C=O) groups is 2. The molecular formula is C36H36ClN3O6S2. The van der Waals surface area contributed by atoms with Crippen LogP contribution in [0.2, 0.25) is 5.02 Å². The molecule has 12 heteroatoms. The first kappa shape index (κ1) is 33.8. The van der Waals surface area contributed by atoms with Crippen molar-refractivity contribution >= 4 is 57.3 Å². The van der Waals surface area contributed by atoms with Crippen LogP contribution in [0, 0.1) is 5.92 Å². The molecule has 0 radical (unpaired) electrons. The highest BCUT2D eigenvalue weighted by Crippen LogP contribution is 2.46. The van der Waals surface area contributed by atoms with Gasteiger partial charge < -0.3 is 19.3 Å². The lowest BCUT2D eigenvalue weighted by Gasteiger charge is -2.24. The molecule has 3 aromatic carbocycles. The third-order valence-corrected chi connectivity index (χ3v) is 10.5. The summed E-state index contributed by atoms with van der Waals surface area (Å²) in [5, 5.41) is 21.3. The molecule has 0 spiro atoms. The van der Waals surface area contributed by atoms with Crippen molar-refractivity contribution in [1.82, 2.24) is 10.2 Å². The number of halogens is 1. The number of thioether (sulfide) groups is 1. The molecule has 0 aliphatic carbocycles. The second kappa shape index (κ2) is 14.6. The summed E-state index contributed by atoms with van der Waals surface area (Å²) in [5.74, 6) is 0.867. The molecule has 0 bridgehead atoms. The van der Waals surface area contributed by atoms with E-state index < -0.39 is 17.7 Å². The van der Waals surface area contributed by atoms with Crippen molar-refractivity contribution in [2.75, 3.05) is 18.1 Å². The second-order valence-electron chi connectivity index (χ2n) is 12.0. The standard InChI is InChI=1S/C36H36ClN3O6S2/c1-5-44-29-18-22(10-13-28(29)45-15-14-20(2)3)31-30(32(41)23-11-12-27-25(17-23)16-21(4)46-27)33(42)34(43)40(31)35-38-39-36(48-35)47-19-24-8-6-7-9-26(24)37/h6-13,17-18,20-21,31,41H,5,14-16,19H2,1-4H3/t21-,31+/m1/s1. The van der Waals surface area contributed by atoms with Gasteiger partial charge in [0.1, 0.15) is 17.6 Å². The van der Waals surface area contributed by atoms with Gasteiger partial charge in [0.25, 0.3) is 5.78 Å². The van der Waals surface area contributed by atoms with Crippen LogP contribution in [0.5, 0.6) is 17.2 Å². The number of aliphatic hydroxyl groups is 1. The Morgan fingerprint density at radius 3 is 2.69 bits per heavy atom. The fourth-order valence-electron chi connectivity index (χ4n) is 5.67. The molecule has 1 amide bonds. The number of Topliss-reactive ketones (excluding diaryl/α,β-unsaturated/α-hetero) is 1. The zero-order valence-electron chi connectivity index (χ0n) is 27.1. The van der Waals surface area contributed by atoms with E-state index in [1.54, 1.807) is 30.3 Å².